The number of thioether (sulfide) groups is 1. The van der Waals surface area contributed by atoms with Crippen LogP contribution in [0.1, 0.15) is 5.82 Å². The maximum absolute atomic E-state index is 12.7. The summed E-state index contributed by atoms with van der Waals surface area (Å²) in [5, 5.41) is 2.98. The zero-order valence-electron chi connectivity index (χ0n) is 16.0. The summed E-state index contributed by atoms with van der Waals surface area (Å²) >= 11 is 1.64. The second-order valence-corrected chi connectivity index (χ2v) is 7.36. The van der Waals surface area contributed by atoms with Gasteiger partial charge in [-0.05, 0) is 48.7 Å². The number of aromatic nitrogens is 2. The first kappa shape index (κ1) is 19.1. The van der Waals surface area contributed by atoms with Gasteiger partial charge in [-0.2, -0.15) is 0 Å². The minimum Gasteiger partial charge on any atom is -0.486 e. The fraction of sp³-hybridized carbons (Fsp3) is 0.130. The number of rotatable bonds is 7. The van der Waals surface area contributed by atoms with Gasteiger partial charge in [0.1, 0.15) is 24.7 Å². The molecule has 0 aliphatic carbocycles. The Hall–Kier alpha value is -3.25. The van der Waals surface area contributed by atoms with Gasteiger partial charge in [0, 0.05) is 10.6 Å². The first-order valence-electron chi connectivity index (χ1n) is 9.29. The lowest BCUT2D eigenvalue weighted by Gasteiger charge is -2.11. The average molecular weight is 404 g/mol. The van der Waals surface area contributed by atoms with Gasteiger partial charge in [0.25, 0.3) is 0 Å². The maximum Gasteiger partial charge on any atom is 0.244 e. The third kappa shape index (κ3) is 4.60. The Morgan fingerprint density at radius 1 is 1.03 bits per heavy atom. The number of anilines is 1. The highest BCUT2D eigenvalue weighted by Gasteiger charge is 2.14. The van der Waals surface area contributed by atoms with Gasteiger partial charge in [-0.25, -0.2) is 4.98 Å². The Morgan fingerprint density at radius 2 is 1.83 bits per heavy atom. The molecule has 0 aliphatic rings. The fourth-order valence-electron chi connectivity index (χ4n) is 3.12. The number of carbonyl (C=O) groups excluding carboxylic acids is 1. The standard InChI is InChI=1S/C23H21N3O2S/c1-29-19-11-7-8-17(14-19)24-23(27)15-26-21-13-6-5-12-20(21)25-22(26)16-28-18-9-3-2-4-10-18/h2-14H,15-16H2,1H3,(H,24,27). The van der Waals surface area contributed by atoms with Gasteiger partial charge in [0.05, 0.1) is 11.0 Å². The molecule has 0 bridgehead atoms. The van der Waals surface area contributed by atoms with E-state index in [0.29, 0.717) is 5.82 Å². The van der Waals surface area contributed by atoms with E-state index in [1.165, 1.54) is 0 Å². The first-order valence-corrected chi connectivity index (χ1v) is 10.5. The summed E-state index contributed by atoms with van der Waals surface area (Å²) in [7, 11) is 0. The van der Waals surface area contributed by atoms with Crippen molar-refractivity contribution in [1.29, 1.82) is 0 Å². The van der Waals surface area contributed by atoms with E-state index in [4.69, 9.17) is 4.74 Å². The molecule has 0 saturated carbocycles. The van der Waals surface area contributed by atoms with Gasteiger partial charge in [0.15, 0.2) is 0 Å². The van der Waals surface area contributed by atoms with Crippen molar-refractivity contribution in [3.05, 3.63) is 84.7 Å². The summed E-state index contributed by atoms with van der Waals surface area (Å²) in [6.07, 6.45) is 2.01. The SMILES string of the molecule is CSc1cccc(NC(=O)Cn2c(COc3ccccc3)nc3ccccc32)c1. The molecule has 0 radical (unpaired) electrons. The highest BCUT2D eigenvalue weighted by Crippen LogP contribution is 2.21. The van der Waals surface area contributed by atoms with Gasteiger partial charge in [-0.15, -0.1) is 11.8 Å². The molecule has 1 heterocycles. The van der Waals surface area contributed by atoms with Crippen molar-refractivity contribution in [2.75, 3.05) is 11.6 Å². The fourth-order valence-corrected chi connectivity index (χ4v) is 3.58. The minimum atomic E-state index is -0.104. The molecule has 6 heteroatoms. The highest BCUT2D eigenvalue weighted by molar-refractivity contribution is 7.98. The highest BCUT2D eigenvalue weighted by atomic mass is 32.2. The first-order chi connectivity index (χ1) is 14.2. The smallest absolute Gasteiger partial charge is 0.244 e. The van der Waals surface area contributed by atoms with Crippen LogP contribution in [0, 0.1) is 0 Å². The summed E-state index contributed by atoms with van der Waals surface area (Å²) in [5.41, 5.74) is 2.54. The molecule has 0 aliphatic heterocycles. The molecule has 1 amide bonds. The molecule has 0 unspecified atom stereocenters. The van der Waals surface area contributed by atoms with Crippen molar-refractivity contribution >= 4 is 34.4 Å². The van der Waals surface area contributed by atoms with Crippen molar-refractivity contribution < 1.29 is 9.53 Å². The summed E-state index contributed by atoms with van der Waals surface area (Å²) < 4.78 is 7.78. The number of carbonyl (C=O) groups is 1. The van der Waals surface area contributed by atoms with Crippen LogP contribution in [0.3, 0.4) is 0 Å². The van der Waals surface area contributed by atoms with Crippen LogP contribution in [0.2, 0.25) is 0 Å². The van der Waals surface area contributed by atoms with E-state index in [0.717, 1.165) is 27.4 Å². The normalized spacial score (nSPS) is 10.8. The topological polar surface area (TPSA) is 56.2 Å². The van der Waals surface area contributed by atoms with Crippen molar-refractivity contribution in [2.45, 2.75) is 18.0 Å². The van der Waals surface area contributed by atoms with Crippen molar-refractivity contribution in [3.63, 3.8) is 0 Å². The van der Waals surface area contributed by atoms with E-state index >= 15 is 0 Å². The lowest BCUT2D eigenvalue weighted by molar-refractivity contribution is -0.116. The average Bonchev–Trinajstić information content (AvgIpc) is 3.10. The number of hydrogen-bond donors (Lipinski definition) is 1. The van der Waals surface area contributed by atoms with E-state index in [9.17, 15) is 4.79 Å². The monoisotopic (exact) mass is 403 g/mol. The molecule has 1 aromatic heterocycles. The molecule has 0 saturated heterocycles. The predicted octanol–water partition coefficient (Wildman–Crippen LogP) is 4.98. The zero-order valence-corrected chi connectivity index (χ0v) is 16.9. The van der Waals surface area contributed by atoms with Gasteiger partial charge in [-0.1, -0.05) is 36.4 Å². The van der Waals surface area contributed by atoms with E-state index < -0.39 is 0 Å². The van der Waals surface area contributed by atoms with Crippen LogP contribution in [0.4, 0.5) is 5.69 Å². The van der Waals surface area contributed by atoms with E-state index in [-0.39, 0.29) is 19.1 Å². The molecular formula is C23H21N3O2S. The number of hydrogen-bond acceptors (Lipinski definition) is 4. The molecule has 1 N–H and O–H groups in total. The van der Waals surface area contributed by atoms with Crippen molar-refractivity contribution in [2.24, 2.45) is 0 Å². The summed E-state index contributed by atoms with van der Waals surface area (Å²) in [6.45, 7) is 0.450. The number of ether oxygens (including phenoxy) is 1. The summed E-state index contributed by atoms with van der Waals surface area (Å²) in [5.74, 6) is 1.37. The van der Waals surface area contributed by atoms with Gasteiger partial charge >= 0.3 is 0 Å². The summed E-state index contributed by atoms with van der Waals surface area (Å²) in [6, 6.07) is 25.2. The van der Waals surface area contributed by atoms with Crippen LogP contribution in [0.25, 0.3) is 11.0 Å². The van der Waals surface area contributed by atoms with Crippen molar-refractivity contribution in [3.8, 4) is 5.75 Å². The molecule has 146 valence electrons. The number of benzene rings is 3. The Kier molecular flexibility index (Phi) is 5.81. The van der Waals surface area contributed by atoms with Crippen LogP contribution in [-0.2, 0) is 17.9 Å². The summed E-state index contributed by atoms with van der Waals surface area (Å²) in [4.78, 5) is 18.5. The molecule has 5 nitrogen and oxygen atoms in total. The Labute approximate surface area is 173 Å². The van der Waals surface area contributed by atoms with E-state index in [1.54, 1.807) is 11.8 Å². The van der Waals surface area contributed by atoms with Gasteiger partial charge < -0.3 is 14.6 Å². The number of nitrogens with one attached hydrogen (secondary N) is 1. The minimum absolute atomic E-state index is 0.104. The Balaban J connectivity index is 1.55. The zero-order chi connectivity index (χ0) is 20.1. The van der Waals surface area contributed by atoms with Crippen LogP contribution >= 0.6 is 11.8 Å². The lowest BCUT2D eigenvalue weighted by atomic mass is 10.3. The molecule has 0 atom stereocenters. The molecule has 29 heavy (non-hydrogen) atoms. The molecule has 4 aromatic rings. The molecule has 0 spiro atoms. The number of para-hydroxylation sites is 3. The largest absolute Gasteiger partial charge is 0.486 e. The van der Waals surface area contributed by atoms with Crippen molar-refractivity contribution in [1.82, 2.24) is 9.55 Å². The maximum atomic E-state index is 12.7. The third-order valence-electron chi connectivity index (χ3n) is 4.50. The van der Waals surface area contributed by atoms with Gasteiger partial charge in [-0.3, -0.25) is 4.79 Å². The number of nitrogens with zero attached hydrogens (tertiary/aromatic N) is 2. The van der Waals surface area contributed by atoms with E-state index in [2.05, 4.69) is 10.3 Å². The van der Waals surface area contributed by atoms with Crippen LogP contribution in [-0.4, -0.2) is 21.7 Å². The quantitative estimate of drug-likeness (QED) is 0.442. The van der Waals surface area contributed by atoms with Crippen LogP contribution in [0.5, 0.6) is 5.75 Å². The van der Waals surface area contributed by atoms with Gasteiger partial charge in [0.2, 0.25) is 5.91 Å². The lowest BCUT2D eigenvalue weighted by Crippen LogP contribution is -2.20. The van der Waals surface area contributed by atoms with E-state index in [1.807, 2.05) is 89.7 Å². The molecule has 4 rings (SSSR count). The predicted molar refractivity (Wildman–Crippen MR) is 117 cm³/mol. The number of imidazole rings is 1. The van der Waals surface area contributed by atoms with Crippen LogP contribution in [0.15, 0.2) is 83.8 Å². The molecular weight excluding hydrogens is 382 g/mol. The van der Waals surface area contributed by atoms with Crippen LogP contribution < -0.4 is 10.1 Å². The Bertz CT molecular complexity index is 1130. The second kappa shape index (κ2) is 8.84. The number of fused-ring (bicyclic) bond motifs is 1. The third-order valence-corrected chi connectivity index (χ3v) is 5.23. The Morgan fingerprint density at radius 3 is 2.66 bits per heavy atom. The number of amides is 1. The molecule has 3 aromatic carbocycles. The molecule has 0 fully saturated rings. The second-order valence-electron chi connectivity index (χ2n) is 6.48.